The smallest absolute Gasteiger partial charge is 0.339 e. The molecule has 1 heterocycles. The second kappa shape index (κ2) is 8.14. The molecule has 0 spiro atoms. The zero-order valence-electron chi connectivity index (χ0n) is 15.0. The molecule has 3 aromatic rings. The number of nitrogens with zero attached hydrogens (tertiary/aromatic N) is 2. The minimum Gasteiger partial charge on any atom is -0.465 e. The highest BCUT2D eigenvalue weighted by Gasteiger charge is 2.16. The Balaban J connectivity index is 1.84. The summed E-state index contributed by atoms with van der Waals surface area (Å²) in [4.78, 5) is 30.6. The van der Waals surface area contributed by atoms with Gasteiger partial charge in [-0.3, -0.25) is 9.78 Å². The predicted octanol–water partition coefficient (Wildman–Crippen LogP) is 3.89. The Kier molecular flexibility index (Phi) is 5.47. The van der Waals surface area contributed by atoms with Crippen LogP contribution in [0.1, 0.15) is 20.8 Å². The summed E-state index contributed by atoms with van der Waals surface area (Å²) in [6.07, 6.45) is 1.58. The van der Waals surface area contributed by atoms with Gasteiger partial charge in [0.25, 0.3) is 5.91 Å². The van der Waals surface area contributed by atoms with Crippen LogP contribution in [0.4, 0.5) is 17.1 Å². The summed E-state index contributed by atoms with van der Waals surface area (Å²) >= 11 is 0. The van der Waals surface area contributed by atoms with Crippen molar-refractivity contribution in [3.63, 3.8) is 0 Å². The van der Waals surface area contributed by atoms with Gasteiger partial charge in [0.15, 0.2) is 0 Å². The molecule has 3 rings (SSSR count). The van der Waals surface area contributed by atoms with Crippen LogP contribution in [0.3, 0.4) is 0 Å². The maximum atomic E-state index is 12.6. The van der Waals surface area contributed by atoms with Crippen molar-refractivity contribution in [1.82, 2.24) is 4.98 Å². The van der Waals surface area contributed by atoms with Crippen molar-refractivity contribution in [2.75, 3.05) is 24.4 Å². The lowest BCUT2D eigenvalue weighted by Gasteiger charge is -2.19. The Bertz CT molecular complexity index is 958. The first-order chi connectivity index (χ1) is 13.1. The number of carbonyl (C=O) groups excluding carboxylic acids is 2. The Morgan fingerprint density at radius 3 is 2.41 bits per heavy atom. The molecular weight excluding hydrogens is 342 g/mol. The van der Waals surface area contributed by atoms with Crippen LogP contribution in [-0.2, 0) is 4.74 Å². The van der Waals surface area contributed by atoms with Gasteiger partial charge in [0.05, 0.1) is 18.4 Å². The number of aromatic nitrogens is 1. The lowest BCUT2D eigenvalue weighted by Crippen LogP contribution is -2.17. The van der Waals surface area contributed by atoms with Gasteiger partial charge in [0.1, 0.15) is 5.69 Å². The first kappa shape index (κ1) is 18.1. The molecule has 0 atom stereocenters. The normalized spacial score (nSPS) is 10.1. The SMILES string of the molecule is COC(=O)c1ccccc1NC(=O)c1cc(N(C)c2ccccc2)ccn1. The first-order valence-electron chi connectivity index (χ1n) is 8.33. The van der Waals surface area contributed by atoms with E-state index in [2.05, 4.69) is 10.3 Å². The van der Waals surface area contributed by atoms with Crippen molar-refractivity contribution in [3.05, 3.63) is 84.2 Å². The average molecular weight is 361 g/mol. The number of amides is 1. The van der Waals surface area contributed by atoms with Crippen LogP contribution >= 0.6 is 0 Å². The summed E-state index contributed by atoms with van der Waals surface area (Å²) in [5.74, 6) is -0.925. The Morgan fingerprint density at radius 1 is 0.963 bits per heavy atom. The van der Waals surface area contributed by atoms with Crippen LogP contribution in [0.2, 0.25) is 0 Å². The Hall–Kier alpha value is -3.67. The molecule has 136 valence electrons. The van der Waals surface area contributed by atoms with Crippen molar-refractivity contribution < 1.29 is 14.3 Å². The maximum absolute atomic E-state index is 12.6. The third kappa shape index (κ3) is 4.12. The number of hydrogen-bond donors (Lipinski definition) is 1. The molecule has 0 fully saturated rings. The predicted molar refractivity (Wildman–Crippen MR) is 104 cm³/mol. The van der Waals surface area contributed by atoms with Gasteiger partial charge in [0.2, 0.25) is 0 Å². The number of pyridine rings is 1. The van der Waals surface area contributed by atoms with E-state index in [0.717, 1.165) is 11.4 Å². The summed E-state index contributed by atoms with van der Waals surface area (Å²) < 4.78 is 4.75. The van der Waals surface area contributed by atoms with Crippen LogP contribution in [0, 0.1) is 0 Å². The van der Waals surface area contributed by atoms with E-state index in [1.165, 1.54) is 7.11 Å². The lowest BCUT2D eigenvalue weighted by molar-refractivity contribution is 0.0602. The van der Waals surface area contributed by atoms with Crippen molar-refractivity contribution in [2.24, 2.45) is 0 Å². The van der Waals surface area contributed by atoms with Crippen LogP contribution in [0.15, 0.2) is 72.9 Å². The van der Waals surface area contributed by atoms with Gasteiger partial charge in [-0.1, -0.05) is 30.3 Å². The van der Waals surface area contributed by atoms with E-state index >= 15 is 0 Å². The van der Waals surface area contributed by atoms with E-state index in [1.54, 1.807) is 36.5 Å². The highest BCUT2D eigenvalue weighted by molar-refractivity contribution is 6.07. The molecule has 0 saturated heterocycles. The largest absolute Gasteiger partial charge is 0.465 e. The standard InChI is InChI=1S/C21H19N3O3/c1-24(15-8-4-3-5-9-15)16-12-13-22-19(14-16)20(25)23-18-11-7-6-10-17(18)21(26)27-2/h3-14H,1-2H3,(H,23,25). The number of ether oxygens (including phenoxy) is 1. The molecular formula is C21H19N3O3. The van der Waals surface area contributed by atoms with E-state index in [-0.39, 0.29) is 11.3 Å². The topological polar surface area (TPSA) is 71.5 Å². The summed E-state index contributed by atoms with van der Waals surface area (Å²) in [6, 6.07) is 20.0. The average Bonchev–Trinajstić information content (AvgIpc) is 2.73. The summed E-state index contributed by atoms with van der Waals surface area (Å²) in [5.41, 5.74) is 2.72. The highest BCUT2D eigenvalue weighted by Crippen LogP contribution is 2.24. The monoisotopic (exact) mass is 361 g/mol. The highest BCUT2D eigenvalue weighted by atomic mass is 16.5. The van der Waals surface area contributed by atoms with Gasteiger partial charge in [-0.25, -0.2) is 4.79 Å². The molecule has 6 heteroatoms. The van der Waals surface area contributed by atoms with Gasteiger partial charge in [-0.05, 0) is 36.4 Å². The van der Waals surface area contributed by atoms with Gasteiger partial charge < -0.3 is 15.0 Å². The maximum Gasteiger partial charge on any atom is 0.339 e. The minimum atomic E-state index is -0.517. The number of benzene rings is 2. The summed E-state index contributed by atoms with van der Waals surface area (Å²) in [7, 11) is 3.21. The van der Waals surface area contributed by atoms with Gasteiger partial charge in [-0.15, -0.1) is 0 Å². The number of anilines is 3. The van der Waals surface area contributed by atoms with Gasteiger partial charge >= 0.3 is 5.97 Å². The number of rotatable bonds is 5. The molecule has 6 nitrogen and oxygen atoms in total. The molecule has 0 aliphatic rings. The molecule has 27 heavy (non-hydrogen) atoms. The first-order valence-corrected chi connectivity index (χ1v) is 8.33. The fraction of sp³-hybridized carbons (Fsp3) is 0.0952. The van der Waals surface area contributed by atoms with Crippen molar-refractivity contribution in [1.29, 1.82) is 0 Å². The van der Waals surface area contributed by atoms with E-state index in [4.69, 9.17) is 4.74 Å². The molecule has 1 amide bonds. The summed E-state index contributed by atoms with van der Waals surface area (Å²) in [6.45, 7) is 0. The molecule has 0 saturated carbocycles. The quantitative estimate of drug-likeness (QED) is 0.698. The van der Waals surface area contributed by atoms with Crippen LogP contribution in [0.25, 0.3) is 0 Å². The fourth-order valence-corrected chi connectivity index (χ4v) is 2.62. The number of para-hydroxylation sites is 2. The van der Waals surface area contributed by atoms with Crippen molar-refractivity contribution in [2.45, 2.75) is 0 Å². The molecule has 0 aliphatic heterocycles. The number of carbonyl (C=O) groups is 2. The van der Waals surface area contributed by atoms with Crippen LogP contribution in [0.5, 0.6) is 0 Å². The third-order valence-electron chi connectivity index (χ3n) is 4.09. The fourth-order valence-electron chi connectivity index (χ4n) is 2.62. The minimum absolute atomic E-state index is 0.245. The molecule has 0 aliphatic carbocycles. The molecule has 1 N–H and O–H groups in total. The second-order valence-corrected chi connectivity index (χ2v) is 5.79. The summed E-state index contributed by atoms with van der Waals surface area (Å²) in [5, 5.41) is 2.73. The van der Waals surface area contributed by atoms with E-state index in [9.17, 15) is 9.59 Å². The molecule has 1 aromatic heterocycles. The van der Waals surface area contributed by atoms with Gasteiger partial charge in [0, 0.05) is 24.6 Å². The number of nitrogens with one attached hydrogen (secondary N) is 1. The lowest BCUT2D eigenvalue weighted by atomic mass is 10.1. The van der Waals surface area contributed by atoms with Crippen LogP contribution < -0.4 is 10.2 Å². The van der Waals surface area contributed by atoms with E-state index < -0.39 is 11.9 Å². The Morgan fingerprint density at radius 2 is 1.67 bits per heavy atom. The Labute approximate surface area is 157 Å². The van der Waals surface area contributed by atoms with E-state index in [0.29, 0.717) is 5.69 Å². The zero-order valence-corrected chi connectivity index (χ0v) is 15.0. The molecule has 0 unspecified atom stereocenters. The van der Waals surface area contributed by atoms with Crippen LogP contribution in [-0.4, -0.2) is 31.0 Å². The number of hydrogen-bond acceptors (Lipinski definition) is 5. The molecule has 0 bridgehead atoms. The molecule has 0 radical (unpaired) electrons. The second-order valence-electron chi connectivity index (χ2n) is 5.79. The third-order valence-corrected chi connectivity index (χ3v) is 4.09. The number of methoxy groups -OCH3 is 1. The van der Waals surface area contributed by atoms with E-state index in [1.807, 2.05) is 48.3 Å². The number of esters is 1. The zero-order chi connectivity index (χ0) is 19.2. The van der Waals surface area contributed by atoms with Crippen molar-refractivity contribution in [3.8, 4) is 0 Å². The van der Waals surface area contributed by atoms with Crippen molar-refractivity contribution >= 4 is 28.9 Å². The van der Waals surface area contributed by atoms with Gasteiger partial charge in [-0.2, -0.15) is 0 Å². The molecule has 2 aromatic carbocycles.